The number of hydrogen-bond donors (Lipinski definition) is 1. The molecular formula is C14H23NO2. The minimum atomic E-state index is 0.203. The van der Waals surface area contributed by atoms with Crippen molar-refractivity contribution in [2.24, 2.45) is 0 Å². The van der Waals surface area contributed by atoms with Crippen LogP contribution in [0.25, 0.3) is 0 Å². The lowest BCUT2D eigenvalue weighted by Gasteiger charge is -2.15. The van der Waals surface area contributed by atoms with Gasteiger partial charge in [0.25, 0.3) is 0 Å². The molecule has 3 nitrogen and oxygen atoms in total. The van der Waals surface area contributed by atoms with Gasteiger partial charge in [0.2, 0.25) is 0 Å². The van der Waals surface area contributed by atoms with Crippen molar-refractivity contribution in [1.82, 2.24) is 5.32 Å². The minimum absolute atomic E-state index is 0.203. The molecular weight excluding hydrogens is 214 g/mol. The van der Waals surface area contributed by atoms with E-state index in [0.717, 1.165) is 18.8 Å². The Labute approximate surface area is 104 Å². The molecule has 3 heteroatoms. The van der Waals surface area contributed by atoms with Gasteiger partial charge in [0, 0.05) is 25.8 Å². The summed E-state index contributed by atoms with van der Waals surface area (Å²) in [7, 11) is 1.72. The van der Waals surface area contributed by atoms with Crippen LogP contribution in [0, 0.1) is 0 Å². The van der Waals surface area contributed by atoms with Crippen molar-refractivity contribution in [3.05, 3.63) is 29.8 Å². The lowest BCUT2D eigenvalue weighted by Crippen LogP contribution is -2.25. The lowest BCUT2D eigenvalue weighted by atomic mass is 10.2. The molecule has 96 valence electrons. The molecule has 17 heavy (non-hydrogen) atoms. The van der Waals surface area contributed by atoms with Gasteiger partial charge in [0.15, 0.2) is 0 Å². The zero-order valence-corrected chi connectivity index (χ0v) is 11.2. The third-order valence-electron chi connectivity index (χ3n) is 2.48. The van der Waals surface area contributed by atoms with Crippen LogP contribution in [0.3, 0.4) is 0 Å². The fourth-order valence-corrected chi connectivity index (χ4v) is 1.51. The number of rotatable bonds is 7. The van der Waals surface area contributed by atoms with Crippen LogP contribution < -0.4 is 10.1 Å². The molecule has 0 saturated carbocycles. The van der Waals surface area contributed by atoms with Crippen LogP contribution in [-0.4, -0.2) is 25.9 Å². The Morgan fingerprint density at radius 2 is 1.88 bits per heavy atom. The summed E-state index contributed by atoms with van der Waals surface area (Å²) in [6, 6.07) is 8.13. The highest BCUT2D eigenvalue weighted by Gasteiger charge is 2.05. The summed E-state index contributed by atoms with van der Waals surface area (Å²) in [6.45, 7) is 7.76. The van der Waals surface area contributed by atoms with Gasteiger partial charge in [0.05, 0.1) is 12.2 Å². The van der Waals surface area contributed by atoms with Gasteiger partial charge in [-0.2, -0.15) is 0 Å². The van der Waals surface area contributed by atoms with Crippen molar-refractivity contribution in [3.8, 4) is 5.75 Å². The number of ether oxygens (including phenoxy) is 2. The highest BCUT2D eigenvalue weighted by Crippen LogP contribution is 2.18. The van der Waals surface area contributed by atoms with Crippen LogP contribution in [0.4, 0.5) is 0 Å². The zero-order chi connectivity index (χ0) is 12.7. The molecule has 1 N–H and O–H groups in total. The van der Waals surface area contributed by atoms with E-state index in [9.17, 15) is 0 Å². The molecule has 0 saturated heterocycles. The summed E-state index contributed by atoms with van der Waals surface area (Å²) in [5.74, 6) is 0.958. The normalized spacial score (nSPS) is 12.8. The number of methoxy groups -OCH3 is 1. The first kappa shape index (κ1) is 14.0. The van der Waals surface area contributed by atoms with Crippen LogP contribution in [0.15, 0.2) is 24.3 Å². The maximum Gasteiger partial charge on any atom is 0.124 e. The van der Waals surface area contributed by atoms with Gasteiger partial charge in [-0.1, -0.05) is 18.2 Å². The zero-order valence-electron chi connectivity index (χ0n) is 11.2. The van der Waals surface area contributed by atoms with E-state index in [2.05, 4.69) is 11.4 Å². The summed E-state index contributed by atoms with van der Waals surface area (Å²) in [4.78, 5) is 0. The van der Waals surface area contributed by atoms with E-state index in [1.807, 2.05) is 39.0 Å². The summed E-state index contributed by atoms with van der Waals surface area (Å²) >= 11 is 0. The molecule has 1 rings (SSSR count). The quantitative estimate of drug-likeness (QED) is 0.790. The van der Waals surface area contributed by atoms with Gasteiger partial charge in [-0.3, -0.25) is 0 Å². The van der Waals surface area contributed by atoms with Crippen LogP contribution in [0.1, 0.15) is 26.3 Å². The molecule has 0 fully saturated rings. The maximum atomic E-state index is 5.76. The number of hydrogen-bond acceptors (Lipinski definition) is 3. The van der Waals surface area contributed by atoms with E-state index in [-0.39, 0.29) is 12.2 Å². The number of benzene rings is 1. The first-order chi connectivity index (χ1) is 8.13. The van der Waals surface area contributed by atoms with Gasteiger partial charge in [-0.25, -0.2) is 0 Å². The van der Waals surface area contributed by atoms with E-state index >= 15 is 0 Å². The lowest BCUT2D eigenvalue weighted by molar-refractivity contribution is 0.117. The molecule has 0 aliphatic rings. The van der Waals surface area contributed by atoms with Gasteiger partial charge >= 0.3 is 0 Å². The average Bonchev–Trinajstić information content (AvgIpc) is 2.30. The van der Waals surface area contributed by atoms with Crippen LogP contribution in [0.5, 0.6) is 5.75 Å². The molecule has 1 aromatic carbocycles. The number of para-hydroxylation sites is 1. The maximum absolute atomic E-state index is 5.76. The SMILES string of the molecule is COC(C)CNCc1ccccc1OC(C)C. The van der Waals surface area contributed by atoms with Crippen LogP contribution in [0.2, 0.25) is 0 Å². The Hall–Kier alpha value is -1.06. The highest BCUT2D eigenvalue weighted by molar-refractivity contribution is 5.33. The van der Waals surface area contributed by atoms with E-state index in [1.165, 1.54) is 5.56 Å². The summed E-state index contributed by atoms with van der Waals surface area (Å²) in [5, 5.41) is 3.36. The van der Waals surface area contributed by atoms with Crippen molar-refractivity contribution in [1.29, 1.82) is 0 Å². The Morgan fingerprint density at radius 1 is 1.18 bits per heavy atom. The second-order valence-electron chi connectivity index (χ2n) is 4.45. The largest absolute Gasteiger partial charge is 0.491 e. The van der Waals surface area contributed by atoms with Crippen LogP contribution in [-0.2, 0) is 11.3 Å². The van der Waals surface area contributed by atoms with Crippen molar-refractivity contribution in [2.45, 2.75) is 39.5 Å². The monoisotopic (exact) mass is 237 g/mol. The molecule has 0 radical (unpaired) electrons. The van der Waals surface area contributed by atoms with Crippen molar-refractivity contribution in [3.63, 3.8) is 0 Å². The summed E-state index contributed by atoms with van der Waals surface area (Å²) in [5.41, 5.74) is 1.18. The van der Waals surface area contributed by atoms with Gasteiger partial charge in [-0.05, 0) is 26.8 Å². The number of nitrogens with one attached hydrogen (secondary N) is 1. The highest BCUT2D eigenvalue weighted by atomic mass is 16.5. The summed E-state index contributed by atoms with van der Waals surface area (Å²) in [6.07, 6.45) is 0.433. The fourth-order valence-electron chi connectivity index (χ4n) is 1.51. The topological polar surface area (TPSA) is 30.5 Å². The first-order valence-corrected chi connectivity index (χ1v) is 6.11. The molecule has 0 aromatic heterocycles. The Balaban J connectivity index is 2.51. The fraction of sp³-hybridized carbons (Fsp3) is 0.571. The second kappa shape index (κ2) is 7.30. The van der Waals surface area contributed by atoms with Crippen molar-refractivity contribution < 1.29 is 9.47 Å². The molecule has 0 aliphatic heterocycles. The Morgan fingerprint density at radius 3 is 2.53 bits per heavy atom. The molecule has 1 aromatic rings. The van der Waals surface area contributed by atoms with E-state index < -0.39 is 0 Å². The van der Waals surface area contributed by atoms with Crippen molar-refractivity contribution in [2.75, 3.05) is 13.7 Å². The first-order valence-electron chi connectivity index (χ1n) is 6.11. The van der Waals surface area contributed by atoms with E-state index in [1.54, 1.807) is 7.11 Å². The van der Waals surface area contributed by atoms with Gasteiger partial charge in [0.1, 0.15) is 5.75 Å². The van der Waals surface area contributed by atoms with E-state index in [0.29, 0.717) is 0 Å². The molecule has 1 unspecified atom stereocenters. The van der Waals surface area contributed by atoms with Crippen molar-refractivity contribution >= 4 is 0 Å². The Kier molecular flexibility index (Phi) is 6.01. The third-order valence-corrected chi connectivity index (χ3v) is 2.48. The Bertz CT molecular complexity index is 326. The predicted molar refractivity (Wildman–Crippen MR) is 70.4 cm³/mol. The summed E-state index contributed by atoms with van der Waals surface area (Å²) < 4.78 is 10.9. The third kappa shape index (κ3) is 5.20. The average molecular weight is 237 g/mol. The van der Waals surface area contributed by atoms with Gasteiger partial charge < -0.3 is 14.8 Å². The standard InChI is InChI=1S/C14H23NO2/c1-11(2)17-14-8-6-5-7-13(14)10-15-9-12(3)16-4/h5-8,11-12,15H,9-10H2,1-4H3. The minimum Gasteiger partial charge on any atom is -0.491 e. The molecule has 0 amide bonds. The molecule has 0 heterocycles. The molecule has 0 spiro atoms. The van der Waals surface area contributed by atoms with Crippen LogP contribution >= 0.6 is 0 Å². The predicted octanol–water partition coefficient (Wildman–Crippen LogP) is 2.60. The van der Waals surface area contributed by atoms with E-state index in [4.69, 9.17) is 9.47 Å². The molecule has 1 atom stereocenters. The molecule has 0 bridgehead atoms. The molecule has 0 aliphatic carbocycles. The second-order valence-corrected chi connectivity index (χ2v) is 4.45. The van der Waals surface area contributed by atoms with Gasteiger partial charge in [-0.15, -0.1) is 0 Å². The smallest absolute Gasteiger partial charge is 0.124 e.